The molecule has 0 saturated carbocycles. The molecule has 14 nitrogen and oxygen atoms in total. The summed E-state index contributed by atoms with van der Waals surface area (Å²) in [6.07, 6.45) is -1.05. The molecule has 0 aromatic carbocycles. The maximum atomic E-state index is 12.1. The first-order valence-corrected chi connectivity index (χ1v) is 8.44. The second-order valence-corrected chi connectivity index (χ2v) is 5.96. The predicted octanol–water partition coefficient (Wildman–Crippen LogP) is -4.39. The molecule has 0 aliphatic rings. The lowest BCUT2D eigenvalue weighted by Crippen LogP contribution is -2.54. The van der Waals surface area contributed by atoms with Crippen LogP contribution in [-0.4, -0.2) is 82.2 Å². The summed E-state index contributed by atoms with van der Waals surface area (Å²) in [4.78, 5) is 68.1. The number of carboxylic acid groups (broad SMARTS) is 2. The van der Waals surface area contributed by atoms with Crippen LogP contribution in [0, 0.1) is 0 Å². The molecule has 0 aliphatic heterocycles. The molecule has 0 saturated heterocycles. The van der Waals surface area contributed by atoms with Crippen molar-refractivity contribution in [3.8, 4) is 0 Å². The number of hydrogen-bond donors (Lipinski definition) is 8. The smallest absolute Gasteiger partial charge is 0.328 e. The van der Waals surface area contributed by atoms with Gasteiger partial charge in [-0.05, 0) is 12.8 Å². The molecule has 29 heavy (non-hydrogen) atoms. The van der Waals surface area contributed by atoms with Gasteiger partial charge in [0.05, 0.1) is 19.2 Å². The van der Waals surface area contributed by atoms with Crippen LogP contribution in [-0.2, 0) is 28.8 Å². The lowest BCUT2D eigenvalue weighted by atomic mass is 10.1. The van der Waals surface area contributed by atoms with Gasteiger partial charge < -0.3 is 42.7 Å². The SMILES string of the molecule is NC(=O)CCC(NC(=O)CNC(=O)C(N)CCC(=O)O)C(=O)NC(CO)C(=O)O. The molecule has 0 aliphatic carbocycles. The molecule has 0 fully saturated rings. The molecule has 0 heterocycles. The lowest BCUT2D eigenvalue weighted by molar-refractivity contribution is -0.143. The van der Waals surface area contributed by atoms with Gasteiger partial charge in [0.25, 0.3) is 0 Å². The third-order valence-corrected chi connectivity index (χ3v) is 3.56. The van der Waals surface area contributed by atoms with E-state index in [4.69, 9.17) is 26.8 Å². The van der Waals surface area contributed by atoms with Crippen molar-refractivity contribution in [3.05, 3.63) is 0 Å². The van der Waals surface area contributed by atoms with Crippen molar-refractivity contribution in [1.82, 2.24) is 16.0 Å². The summed E-state index contributed by atoms with van der Waals surface area (Å²) < 4.78 is 0. The topological polar surface area (TPSA) is 251 Å². The van der Waals surface area contributed by atoms with E-state index in [1.54, 1.807) is 0 Å². The second kappa shape index (κ2) is 13.0. The van der Waals surface area contributed by atoms with E-state index in [9.17, 15) is 28.8 Å². The van der Waals surface area contributed by atoms with Gasteiger partial charge in [-0.2, -0.15) is 0 Å². The van der Waals surface area contributed by atoms with E-state index in [1.807, 2.05) is 5.32 Å². The second-order valence-electron chi connectivity index (χ2n) is 5.96. The van der Waals surface area contributed by atoms with Crippen LogP contribution < -0.4 is 27.4 Å². The number of aliphatic hydroxyl groups excluding tert-OH is 1. The summed E-state index contributed by atoms with van der Waals surface area (Å²) in [6, 6.07) is -4.14. The zero-order chi connectivity index (χ0) is 22.6. The highest BCUT2D eigenvalue weighted by Crippen LogP contribution is 1.99. The Labute approximate surface area is 165 Å². The highest BCUT2D eigenvalue weighted by molar-refractivity contribution is 5.92. The van der Waals surface area contributed by atoms with E-state index in [0.717, 1.165) is 0 Å². The molecular formula is C15H25N5O9. The van der Waals surface area contributed by atoms with Gasteiger partial charge in [0.1, 0.15) is 12.1 Å². The number of carbonyl (C=O) groups is 6. The zero-order valence-corrected chi connectivity index (χ0v) is 15.4. The summed E-state index contributed by atoms with van der Waals surface area (Å²) in [6.45, 7) is -1.51. The molecule has 4 amide bonds. The maximum Gasteiger partial charge on any atom is 0.328 e. The first kappa shape index (κ1) is 25.7. The summed E-state index contributed by atoms with van der Waals surface area (Å²) in [5, 5.41) is 32.7. The Morgan fingerprint density at radius 1 is 0.862 bits per heavy atom. The quantitative estimate of drug-likeness (QED) is 0.134. The fourth-order valence-electron chi connectivity index (χ4n) is 1.97. The van der Waals surface area contributed by atoms with Crippen LogP contribution >= 0.6 is 0 Å². The van der Waals surface area contributed by atoms with Crippen molar-refractivity contribution >= 4 is 35.6 Å². The minimum atomic E-state index is -1.62. The molecule has 3 unspecified atom stereocenters. The Bertz CT molecular complexity index is 640. The van der Waals surface area contributed by atoms with Crippen LogP contribution in [0.15, 0.2) is 0 Å². The van der Waals surface area contributed by atoms with Crippen molar-refractivity contribution in [3.63, 3.8) is 0 Å². The van der Waals surface area contributed by atoms with Gasteiger partial charge in [0.15, 0.2) is 0 Å². The van der Waals surface area contributed by atoms with Crippen LogP contribution in [0.25, 0.3) is 0 Å². The maximum absolute atomic E-state index is 12.1. The Kier molecular flexibility index (Phi) is 11.5. The Balaban J connectivity index is 4.79. The van der Waals surface area contributed by atoms with Crippen LogP contribution in [0.5, 0.6) is 0 Å². The van der Waals surface area contributed by atoms with Crippen LogP contribution in [0.1, 0.15) is 25.7 Å². The molecule has 0 aromatic rings. The lowest BCUT2D eigenvalue weighted by Gasteiger charge is -2.20. The standard InChI is InChI=1S/C15H25N5O9/c16-7(1-4-12(24)25)13(26)18-5-11(23)19-8(2-3-10(17)22)14(27)20-9(6-21)15(28)29/h7-9,21H,1-6,16H2,(H2,17,22)(H,18,26)(H,19,23)(H,20,27)(H,24,25)(H,28,29). The van der Waals surface area contributed by atoms with E-state index in [0.29, 0.717) is 0 Å². The third-order valence-electron chi connectivity index (χ3n) is 3.56. The number of nitrogens with two attached hydrogens (primary N) is 2. The molecule has 164 valence electrons. The van der Waals surface area contributed by atoms with E-state index in [1.165, 1.54) is 0 Å². The van der Waals surface area contributed by atoms with Gasteiger partial charge in [-0.25, -0.2) is 4.79 Å². The van der Waals surface area contributed by atoms with E-state index < -0.39 is 66.8 Å². The summed E-state index contributed by atoms with van der Waals surface area (Å²) >= 11 is 0. The molecular weight excluding hydrogens is 394 g/mol. The minimum absolute atomic E-state index is 0.149. The van der Waals surface area contributed by atoms with Gasteiger partial charge in [-0.3, -0.25) is 24.0 Å². The first-order chi connectivity index (χ1) is 13.5. The van der Waals surface area contributed by atoms with Gasteiger partial charge in [0.2, 0.25) is 23.6 Å². The molecule has 0 spiro atoms. The van der Waals surface area contributed by atoms with Gasteiger partial charge in [-0.15, -0.1) is 0 Å². The molecule has 3 atom stereocenters. The average Bonchev–Trinajstić information content (AvgIpc) is 2.64. The number of carbonyl (C=O) groups excluding carboxylic acids is 4. The normalized spacial score (nSPS) is 13.4. The van der Waals surface area contributed by atoms with E-state index in [2.05, 4.69) is 10.6 Å². The number of aliphatic carboxylic acids is 2. The van der Waals surface area contributed by atoms with Gasteiger partial charge >= 0.3 is 11.9 Å². The average molecular weight is 419 g/mol. The fourth-order valence-corrected chi connectivity index (χ4v) is 1.97. The number of primary amides is 1. The molecule has 0 rings (SSSR count). The van der Waals surface area contributed by atoms with Crippen molar-refractivity contribution < 1.29 is 44.1 Å². The molecule has 0 aromatic heterocycles. The van der Waals surface area contributed by atoms with Crippen LogP contribution in [0.4, 0.5) is 0 Å². The molecule has 10 N–H and O–H groups in total. The highest BCUT2D eigenvalue weighted by atomic mass is 16.4. The van der Waals surface area contributed by atoms with E-state index in [-0.39, 0.29) is 25.7 Å². The van der Waals surface area contributed by atoms with Crippen molar-refractivity contribution in [2.45, 2.75) is 43.8 Å². The number of aliphatic hydroxyl groups is 1. The largest absolute Gasteiger partial charge is 0.481 e. The monoisotopic (exact) mass is 419 g/mol. The summed E-state index contributed by atoms with van der Waals surface area (Å²) in [7, 11) is 0. The zero-order valence-electron chi connectivity index (χ0n) is 15.4. The molecule has 0 bridgehead atoms. The number of amides is 4. The van der Waals surface area contributed by atoms with Gasteiger partial charge in [-0.1, -0.05) is 0 Å². The minimum Gasteiger partial charge on any atom is -0.481 e. The van der Waals surface area contributed by atoms with Crippen molar-refractivity contribution in [2.75, 3.05) is 13.2 Å². The van der Waals surface area contributed by atoms with Crippen LogP contribution in [0.2, 0.25) is 0 Å². The fraction of sp³-hybridized carbons (Fsp3) is 0.600. The number of rotatable bonds is 14. The first-order valence-electron chi connectivity index (χ1n) is 8.44. The van der Waals surface area contributed by atoms with Gasteiger partial charge in [0, 0.05) is 12.8 Å². The third kappa shape index (κ3) is 11.2. The van der Waals surface area contributed by atoms with Crippen molar-refractivity contribution in [2.24, 2.45) is 11.5 Å². The summed E-state index contributed by atoms with van der Waals surface area (Å²) in [5.74, 6) is -6.05. The Hall–Kier alpha value is -3.26. The van der Waals surface area contributed by atoms with Crippen LogP contribution in [0.3, 0.4) is 0 Å². The van der Waals surface area contributed by atoms with Crippen molar-refractivity contribution in [1.29, 1.82) is 0 Å². The van der Waals surface area contributed by atoms with E-state index >= 15 is 0 Å². The number of hydrogen-bond acceptors (Lipinski definition) is 8. The Morgan fingerprint density at radius 3 is 1.97 bits per heavy atom. The Morgan fingerprint density at radius 2 is 1.48 bits per heavy atom. The predicted molar refractivity (Wildman–Crippen MR) is 94.9 cm³/mol. The molecule has 14 heteroatoms. The summed E-state index contributed by atoms with van der Waals surface area (Å²) in [5.41, 5.74) is 10.5. The number of nitrogens with one attached hydrogen (secondary N) is 3. The molecule has 0 radical (unpaired) electrons. The highest BCUT2D eigenvalue weighted by Gasteiger charge is 2.26. The number of carboxylic acids is 2.